The monoisotopic (exact) mass is 359 g/mol. The molecule has 1 heterocycles. The van der Waals surface area contributed by atoms with Gasteiger partial charge >= 0.3 is 0 Å². The van der Waals surface area contributed by atoms with E-state index in [-0.39, 0.29) is 22.5 Å². The van der Waals surface area contributed by atoms with Crippen molar-refractivity contribution in [1.82, 2.24) is 4.90 Å². The van der Waals surface area contributed by atoms with E-state index < -0.39 is 15.9 Å². The van der Waals surface area contributed by atoms with E-state index in [0.29, 0.717) is 10.5 Å². The number of nitrogens with zero attached hydrogens (tertiary/aromatic N) is 1. The normalized spacial score (nSPS) is 18.0. The Labute approximate surface area is 137 Å². The zero-order valence-corrected chi connectivity index (χ0v) is 14.0. The van der Waals surface area contributed by atoms with E-state index in [2.05, 4.69) is 0 Å². The summed E-state index contributed by atoms with van der Waals surface area (Å²) in [6, 6.07) is 6.38. The van der Waals surface area contributed by atoms with Gasteiger partial charge in [0, 0.05) is 6.54 Å². The molecule has 0 saturated carbocycles. The van der Waals surface area contributed by atoms with Crippen molar-refractivity contribution in [3.8, 4) is 5.75 Å². The minimum Gasteiger partial charge on any atom is -0.508 e. The number of allylic oxidation sites excluding steroid dienone is 1. The molecule has 2 N–H and O–H groups in total. The van der Waals surface area contributed by atoms with Gasteiger partial charge in [-0.05, 0) is 30.2 Å². The van der Waals surface area contributed by atoms with Gasteiger partial charge in [-0.1, -0.05) is 36.1 Å². The molecule has 0 aliphatic carbocycles. The summed E-state index contributed by atoms with van der Waals surface area (Å²) in [4.78, 5) is 13.9. The molecule has 1 aliphatic rings. The number of aromatic hydroxyl groups is 1. The summed E-state index contributed by atoms with van der Waals surface area (Å²) in [7, 11) is -4.16. The third kappa shape index (κ3) is 3.86. The topological polar surface area (TPSA) is 94.9 Å². The van der Waals surface area contributed by atoms with Gasteiger partial charge in [-0.15, -0.1) is 0 Å². The zero-order chi connectivity index (χ0) is 16.5. The van der Waals surface area contributed by atoms with Crippen LogP contribution in [0.2, 0.25) is 0 Å². The SMILES string of the molecule is CC(=C1SC(=S)N(CCS(=O)(=O)O)C1=O)c1ccc(O)cc1. The lowest BCUT2D eigenvalue weighted by atomic mass is 10.1. The quantitative estimate of drug-likeness (QED) is 0.481. The lowest BCUT2D eigenvalue weighted by Crippen LogP contribution is -2.32. The number of carbonyl (C=O) groups is 1. The summed E-state index contributed by atoms with van der Waals surface area (Å²) in [5, 5.41) is 9.29. The lowest BCUT2D eigenvalue weighted by Gasteiger charge is -2.13. The Balaban J connectivity index is 2.26. The van der Waals surface area contributed by atoms with Crippen LogP contribution in [0.3, 0.4) is 0 Å². The lowest BCUT2D eigenvalue weighted by molar-refractivity contribution is -0.121. The molecule has 1 aromatic carbocycles. The first kappa shape index (κ1) is 16.9. The second kappa shape index (κ2) is 6.37. The van der Waals surface area contributed by atoms with Crippen molar-refractivity contribution in [3.05, 3.63) is 34.7 Å². The molecule has 0 unspecified atom stereocenters. The fourth-order valence-electron chi connectivity index (χ4n) is 1.87. The molecule has 1 aromatic rings. The van der Waals surface area contributed by atoms with Gasteiger partial charge in [0.25, 0.3) is 16.0 Å². The molecule has 1 amide bonds. The molecule has 0 radical (unpaired) electrons. The Kier molecular flexibility index (Phi) is 4.90. The smallest absolute Gasteiger partial charge is 0.266 e. The summed E-state index contributed by atoms with van der Waals surface area (Å²) < 4.78 is 30.6. The number of hydrogen-bond donors (Lipinski definition) is 2. The van der Waals surface area contributed by atoms with Crippen LogP contribution in [0.15, 0.2) is 29.2 Å². The molecule has 1 saturated heterocycles. The predicted octanol–water partition coefficient (Wildman–Crippen LogP) is 1.87. The predicted molar refractivity (Wildman–Crippen MR) is 89.0 cm³/mol. The van der Waals surface area contributed by atoms with Crippen molar-refractivity contribution in [2.45, 2.75) is 6.92 Å². The van der Waals surface area contributed by atoms with Gasteiger partial charge in [0.2, 0.25) is 0 Å². The Hall–Kier alpha value is -1.42. The van der Waals surface area contributed by atoms with E-state index in [9.17, 15) is 18.3 Å². The van der Waals surface area contributed by atoms with Crippen molar-refractivity contribution in [2.75, 3.05) is 12.3 Å². The summed E-state index contributed by atoms with van der Waals surface area (Å²) in [5.41, 5.74) is 1.44. The van der Waals surface area contributed by atoms with Crippen molar-refractivity contribution in [3.63, 3.8) is 0 Å². The number of phenols is 1. The number of amides is 1. The summed E-state index contributed by atoms with van der Waals surface area (Å²) in [6.45, 7) is 1.57. The minimum absolute atomic E-state index is 0.122. The fourth-order valence-corrected chi connectivity index (χ4v) is 3.64. The van der Waals surface area contributed by atoms with Gasteiger partial charge in [0.05, 0.1) is 10.7 Å². The maximum Gasteiger partial charge on any atom is 0.266 e. The van der Waals surface area contributed by atoms with Crippen LogP contribution in [0.1, 0.15) is 12.5 Å². The van der Waals surface area contributed by atoms with E-state index in [1.165, 1.54) is 12.1 Å². The molecule has 1 fully saturated rings. The van der Waals surface area contributed by atoms with E-state index in [0.717, 1.165) is 22.2 Å². The summed E-state index contributed by atoms with van der Waals surface area (Å²) in [6.07, 6.45) is 0. The highest BCUT2D eigenvalue weighted by Crippen LogP contribution is 2.36. The second-order valence-electron chi connectivity index (χ2n) is 4.61. The standard InChI is InChI=1S/C13H13NO5S3/c1-8(9-2-4-10(15)5-3-9)11-12(16)14(13(20)21-11)6-7-22(17,18)19/h2-5,15H,6-7H2,1H3,(H,17,18,19). The minimum atomic E-state index is -4.16. The van der Waals surface area contributed by atoms with Crippen LogP contribution in [0.25, 0.3) is 5.57 Å². The number of carbonyl (C=O) groups excluding carboxylic acids is 1. The Morgan fingerprint density at radius 3 is 2.45 bits per heavy atom. The maximum atomic E-state index is 12.3. The summed E-state index contributed by atoms with van der Waals surface area (Å²) in [5.74, 6) is -0.827. The second-order valence-corrected chi connectivity index (χ2v) is 7.83. The molecule has 22 heavy (non-hydrogen) atoms. The van der Waals surface area contributed by atoms with E-state index in [1.807, 2.05) is 0 Å². The average Bonchev–Trinajstić information content (AvgIpc) is 2.71. The van der Waals surface area contributed by atoms with E-state index >= 15 is 0 Å². The number of phenolic OH excluding ortho intramolecular Hbond substituents is 1. The molecule has 9 heteroatoms. The van der Waals surface area contributed by atoms with E-state index in [4.69, 9.17) is 16.8 Å². The third-order valence-electron chi connectivity index (χ3n) is 3.06. The van der Waals surface area contributed by atoms with Crippen molar-refractivity contribution >= 4 is 49.9 Å². The van der Waals surface area contributed by atoms with Crippen LogP contribution in [-0.2, 0) is 14.9 Å². The van der Waals surface area contributed by atoms with Crippen LogP contribution in [0, 0.1) is 0 Å². The average molecular weight is 359 g/mol. The van der Waals surface area contributed by atoms with Gasteiger partial charge in [-0.2, -0.15) is 8.42 Å². The number of rotatable bonds is 4. The molecule has 0 aromatic heterocycles. The van der Waals surface area contributed by atoms with Crippen molar-refractivity contribution in [1.29, 1.82) is 0 Å². The molecule has 0 bridgehead atoms. The molecule has 2 rings (SSSR count). The Morgan fingerprint density at radius 1 is 1.32 bits per heavy atom. The van der Waals surface area contributed by atoms with Crippen LogP contribution in [0.4, 0.5) is 0 Å². The van der Waals surface area contributed by atoms with Crippen molar-refractivity contribution < 1.29 is 22.9 Å². The van der Waals surface area contributed by atoms with Gasteiger partial charge in [-0.3, -0.25) is 14.2 Å². The van der Waals surface area contributed by atoms with Gasteiger partial charge < -0.3 is 5.11 Å². The van der Waals surface area contributed by atoms with Crippen LogP contribution < -0.4 is 0 Å². The van der Waals surface area contributed by atoms with Crippen LogP contribution >= 0.6 is 24.0 Å². The number of benzene rings is 1. The third-order valence-corrected chi connectivity index (χ3v) is 5.31. The number of thioether (sulfide) groups is 1. The van der Waals surface area contributed by atoms with Gasteiger partial charge in [0.1, 0.15) is 10.1 Å². The fraction of sp³-hybridized carbons (Fsp3) is 0.231. The molecular formula is C13H13NO5S3. The largest absolute Gasteiger partial charge is 0.508 e. The van der Waals surface area contributed by atoms with Gasteiger partial charge in [0.15, 0.2) is 0 Å². The van der Waals surface area contributed by atoms with Crippen LogP contribution in [-0.4, -0.2) is 45.5 Å². The van der Waals surface area contributed by atoms with E-state index in [1.54, 1.807) is 19.1 Å². The number of thiocarbonyl (C=S) groups is 1. The molecule has 0 spiro atoms. The Morgan fingerprint density at radius 2 is 1.91 bits per heavy atom. The molecule has 6 nitrogen and oxygen atoms in total. The summed E-state index contributed by atoms with van der Waals surface area (Å²) >= 11 is 6.18. The zero-order valence-electron chi connectivity index (χ0n) is 11.5. The Bertz CT molecular complexity index is 752. The molecule has 0 atom stereocenters. The maximum absolute atomic E-state index is 12.3. The number of hydrogen-bond acceptors (Lipinski definition) is 6. The highest BCUT2D eigenvalue weighted by atomic mass is 32.2. The first-order valence-electron chi connectivity index (χ1n) is 6.18. The molecular weight excluding hydrogens is 346 g/mol. The first-order chi connectivity index (χ1) is 10.2. The highest BCUT2D eigenvalue weighted by molar-refractivity contribution is 8.26. The first-order valence-corrected chi connectivity index (χ1v) is 9.01. The molecule has 118 valence electrons. The van der Waals surface area contributed by atoms with Gasteiger partial charge in [-0.25, -0.2) is 0 Å². The van der Waals surface area contributed by atoms with Crippen molar-refractivity contribution in [2.24, 2.45) is 0 Å². The molecule has 1 aliphatic heterocycles. The van der Waals surface area contributed by atoms with Crippen LogP contribution in [0.5, 0.6) is 5.75 Å². The highest BCUT2D eigenvalue weighted by Gasteiger charge is 2.34.